The van der Waals surface area contributed by atoms with Crippen molar-refractivity contribution < 1.29 is 28.7 Å². The van der Waals surface area contributed by atoms with Crippen LogP contribution in [0, 0.1) is 5.82 Å². The zero-order valence-electron chi connectivity index (χ0n) is 18.1. The van der Waals surface area contributed by atoms with Crippen molar-refractivity contribution in [3.63, 3.8) is 0 Å². The lowest BCUT2D eigenvalue weighted by molar-refractivity contribution is -0.857. The predicted octanol–water partition coefficient (Wildman–Crippen LogP) is 0.981. The fourth-order valence-corrected chi connectivity index (χ4v) is 3.57. The molecule has 1 heterocycles. The van der Waals surface area contributed by atoms with E-state index in [1.165, 1.54) is 17.0 Å². The third kappa shape index (κ3) is 4.77. The minimum Gasteiger partial charge on any atom is -0.872 e. The summed E-state index contributed by atoms with van der Waals surface area (Å²) in [6, 6.07) is 12.0. The van der Waals surface area contributed by atoms with Crippen LogP contribution >= 0.6 is 0 Å². The van der Waals surface area contributed by atoms with Crippen molar-refractivity contribution in [2.45, 2.75) is 26.0 Å². The Kier molecular flexibility index (Phi) is 6.75. The van der Waals surface area contributed by atoms with Gasteiger partial charge in [0, 0.05) is 5.57 Å². The third-order valence-corrected chi connectivity index (χ3v) is 5.05. The molecule has 7 heteroatoms. The number of Topliss-reactive ketones (excluding diaryl/α,β-unsaturated/α-hetero) is 1. The Balaban J connectivity index is 2.09. The van der Waals surface area contributed by atoms with E-state index < -0.39 is 29.3 Å². The highest BCUT2D eigenvalue weighted by atomic mass is 19.1. The summed E-state index contributed by atoms with van der Waals surface area (Å²) in [5.41, 5.74) is 0.520. The highest BCUT2D eigenvalue weighted by molar-refractivity contribution is 6.46. The van der Waals surface area contributed by atoms with E-state index in [1.807, 2.05) is 20.2 Å². The van der Waals surface area contributed by atoms with Gasteiger partial charge in [-0.05, 0) is 37.1 Å². The van der Waals surface area contributed by atoms with E-state index in [0.29, 0.717) is 18.7 Å². The normalized spacial score (nSPS) is 18.3. The summed E-state index contributed by atoms with van der Waals surface area (Å²) in [7, 11) is 3.89. The molecule has 1 aliphatic heterocycles. The summed E-state index contributed by atoms with van der Waals surface area (Å²) in [6.07, 6.45) is -0.227. The van der Waals surface area contributed by atoms with Crippen LogP contribution in [0.15, 0.2) is 54.1 Å². The van der Waals surface area contributed by atoms with Gasteiger partial charge in [-0.2, -0.15) is 0 Å². The number of carbonyl (C=O) groups is 2. The number of benzene rings is 2. The fourth-order valence-electron chi connectivity index (χ4n) is 3.57. The van der Waals surface area contributed by atoms with Crippen LogP contribution < -0.4 is 14.7 Å². The Bertz CT molecular complexity index is 1000. The van der Waals surface area contributed by atoms with E-state index in [4.69, 9.17) is 4.74 Å². The van der Waals surface area contributed by atoms with Crippen LogP contribution in [0.2, 0.25) is 0 Å². The van der Waals surface area contributed by atoms with Gasteiger partial charge in [0.1, 0.15) is 0 Å². The molecule has 1 saturated heterocycles. The van der Waals surface area contributed by atoms with Crippen molar-refractivity contribution in [1.82, 2.24) is 4.90 Å². The van der Waals surface area contributed by atoms with Gasteiger partial charge in [-0.1, -0.05) is 42.2 Å². The standard InChI is InChI=1S/C24H27FN2O4/c1-15(2)31-19-11-10-17(14-18(19)25)22(28)20-21(16-8-6-5-7-9-16)27(13-12-26(3)4)24(30)23(20)29/h5-11,14-15,21,28H,12-13H2,1-4H3. The summed E-state index contributed by atoms with van der Waals surface area (Å²) in [6.45, 7) is 4.47. The van der Waals surface area contributed by atoms with E-state index in [0.717, 1.165) is 11.0 Å². The van der Waals surface area contributed by atoms with Gasteiger partial charge in [0.2, 0.25) is 5.78 Å². The zero-order valence-corrected chi connectivity index (χ0v) is 18.1. The topological polar surface area (TPSA) is 74.1 Å². The van der Waals surface area contributed by atoms with E-state index >= 15 is 0 Å². The lowest BCUT2D eigenvalue weighted by Gasteiger charge is -2.27. The van der Waals surface area contributed by atoms with Crippen LogP contribution in [0.1, 0.15) is 31.0 Å². The average molecular weight is 426 g/mol. The van der Waals surface area contributed by atoms with Crippen LogP contribution in [-0.4, -0.2) is 49.9 Å². The van der Waals surface area contributed by atoms with Gasteiger partial charge in [-0.15, -0.1) is 0 Å². The maximum Gasteiger partial charge on any atom is 0.295 e. The van der Waals surface area contributed by atoms with Crippen molar-refractivity contribution in [3.8, 4) is 5.75 Å². The smallest absolute Gasteiger partial charge is 0.295 e. The number of hydrogen-bond acceptors (Lipinski definition) is 4. The van der Waals surface area contributed by atoms with Crippen LogP contribution in [-0.2, 0) is 9.59 Å². The molecule has 164 valence electrons. The van der Waals surface area contributed by atoms with Crippen molar-refractivity contribution in [2.24, 2.45) is 0 Å². The maximum atomic E-state index is 14.5. The molecule has 0 saturated carbocycles. The van der Waals surface area contributed by atoms with Crippen molar-refractivity contribution in [3.05, 3.63) is 71.0 Å². The molecule has 3 rings (SSSR count). The van der Waals surface area contributed by atoms with E-state index in [-0.39, 0.29) is 23.0 Å². The molecule has 1 fully saturated rings. The molecule has 1 N–H and O–H groups in total. The third-order valence-electron chi connectivity index (χ3n) is 5.05. The number of nitrogens with one attached hydrogen (secondary N) is 1. The predicted molar refractivity (Wildman–Crippen MR) is 113 cm³/mol. The molecule has 6 nitrogen and oxygen atoms in total. The number of quaternary nitrogens is 1. The Labute approximate surface area is 181 Å². The molecule has 2 aromatic carbocycles. The van der Waals surface area contributed by atoms with Crippen molar-refractivity contribution >= 4 is 17.4 Å². The maximum absolute atomic E-state index is 14.5. The Morgan fingerprint density at radius 2 is 1.84 bits per heavy atom. The van der Waals surface area contributed by atoms with Crippen molar-refractivity contribution in [1.29, 1.82) is 0 Å². The SMILES string of the molecule is CC(C)Oc1ccc(C([O-])=C2C(=O)C(=O)N(CC[NH+](C)C)C2c2ccccc2)cc1F. The summed E-state index contributed by atoms with van der Waals surface area (Å²) in [5, 5.41) is 13.3. The number of ketones is 1. The fraction of sp³-hybridized carbons (Fsp3) is 0.333. The number of rotatable bonds is 7. The number of hydrogen-bond donors (Lipinski definition) is 1. The first-order valence-corrected chi connectivity index (χ1v) is 10.3. The second-order valence-corrected chi connectivity index (χ2v) is 8.15. The van der Waals surface area contributed by atoms with Gasteiger partial charge >= 0.3 is 0 Å². The molecule has 1 atom stereocenters. The van der Waals surface area contributed by atoms with Gasteiger partial charge in [-0.25, -0.2) is 4.39 Å². The number of likely N-dealkylation sites (tertiary alicyclic amines) is 1. The number of carbonyl (C=O) groups excluding carboxylic acids is 2. The van der Waals surface area contributed by atoms with E-state index in [9.17, 15) is 19.1 Å². The molecule has 31 heavy (non-hydrogen) atoms. The van der Waals surface area contributed by atoms with Crippen molar-refractivity contribution in [2.75, 3.05) is 27.2 Å². The van der Waals surface area contributed by atoms with E-state index in [2.05, 4.69) is 0 Å². The molecule has 1 amide bonds. The molecule has 1 unspecified atom stereocenters. The second-order valence-electron chi connectivity index (χ2n) is 8.15. The minimum absolute atomic E-state index is 0.00534. The number of likely N-dealkylation sites (N-methyl/N-ethyl adjacent to an activating group) is 1. The number of halogens is 1. The largest absolute Gasteiger partial charge is 0.872 e. The lowest BCUT2D eigenvalue weighted by Crippen LogP contribution is -3.06. The van der Waals surface area contributed by atoms with Gasteiger partial charge in [0.25, 0.3) is 5.91 Å². The number of nitrogens with zero attached hydrogens (tertiary/aromatic N) is 1. The molecular formula is C24H27FN2O4. The molecule has 2 aromatic rings. The van der Waals surface area contributed by atoms with E-state index in [1.54, 1.807) is 38.1 Å². The molecule has 0 bridgehead atoms. The van der Waals surface area contributed by atoms with Crippen LogP contribution in [0.4, 0.5) is 4.39 Å². The molecule has 0 radical (unpaired) electrons. The average Bonchev–Trinajstić information content (AvgIpc) is 2.98. The summed E-state index contributed by atoms with van der Waals surface area (Å²) < 4.78 is 19.9. The number of ether oxygens (including phenoxy) is 1. The quantitative estimate of drug-likeness (QED) is 0.407. The second kappa shape index (κ2) is 9.31. The monoisotopic (exact) mass is 426 g/mol. The molecule has 0 spiro atoms. The first-order chi connectivity index (χ1) is 14.7. The first kappa shape index (κ1) is 22.5. The molecule has 0 aliphatic carbocycles. The summed E-state index contributed by atoms with van der Waals surface area (Å²) >= 11 is 0. The Hall–Kier alpha value is -3.19. The summed E-state index contributed by atoms with van der Waals surface area (Å²) in [5.74, 6) is -2.86. The zero-order chi connectivity index (χ0) is 22.7. The highest BCUT2D eigenvalue weighted by Gasteiger charge is 2.44. The minimum atomic E-state index is -0.837. The molecule has 0 aromatic heterocycles. The highest BCUT2D eigenvalue weighted by Crippen LogP contribution is 2.38. The number of amides is 1. The van der Waals surface area contributed by atoms with Gasteiger partial charge in [0.15, 0.2) is 11.6 Å². The Morgan fingerprint density at radius 1 is 1.16 bits per heavy atom. The van der Waals surface area contributed by atoms with Gasteiger partial charge in [0.05, 0.1) is 39.3 Å². The van der Waals surface area contributed by atoms with Crippen LogP contribution in [0.25, 0.3) is 5.76 Å². The summed E-state index contributed by atoms with van der Waals surface area (Å²) in [4.78, 5) is 28.2. The van der Waals surface area contributed by atoms with Gasteiger partial charge < -0.3 is 19.6 Å². The molecule has 1 aliphatic rings. The lowest BCUT2D eigenvalue weighted by atomic mass is 9.95. The molecular weight excluding hydrogens is 399 g/mol. The van der Waals surface area contributed by atoms with Crippen LogP contribution in [0.5, 0.6) is 5.75 Å². The Morgan fingerprint density at radius 3 is 2.42 bits per heavy atom. The van der Waals surface area contributed by atoms with Crippen LogP contribution in [0.3, 0.4) is 0 Å². The first-order valence-electron chi connectivity index (χ1n) is 10.3. The van der Waals surface area contributed by atoms with Gasteiger partial charge in [-0.3, -0.25) is 9.59 Å².